The highest BCUT2D eigenvalue weighted by molar-refractivity contribution is 5.59. The Morgan fingerprint density at radius 3 is 2.61 bits per heavy atom. The number of nitrogens with zero attached hydrogens (tertiary/aromatic N) is 2. The molecule has 100 valence electrons. The van der Waals surface area contributed by atoms with E-state index in [-0.39, 0.29) is 24.0 Å². The van der Waals surface area contributed by atoms with Crippen molar-refractivity contribution in [1.29, 1.82) is 0 Å². The third-order valence-electron chi connectivity index (χ3n) is 2.79. The van der Waals surface area contributed by atoms with Gasteiger partial charge in [0.2, 0.25) is 0 Å². The van der Waals surface area contributed by atoms with Crippen molar-refractivity contribution in [3.8, 4) is 0 Å². The van der Waals surface area contributed by atoms with E-state index in [4.69, 9.17) is 10.8 Å². The maximum atomic E-state index is 10.6. The van der Waals surface area contributed by atoms with Crippen molar-refractivity contribution >= 4 is 11.4 Å². The van der Waals surface area contributed by atoms with E-state index in [1.165, 1.54) is 6.07 Å². The molecule has 0 aliphatic rings. The Morgan fingerprint density at radius 2 is 2.17 bits per heavy atom. The third-order valence-corrected chi connectivity index (χ3v) is 2.79. The van der Waals surface area contributed by atoms with Gasteiger partial charge in [0.1, 0.15) is 5.69 Å². The molecule has 1 rings (SSSR count). The molecule has 0 aliphatic heterocycles. The van der Waals surface area contributed by atoms with E-state index in [1.807, 2.05) is 13.8 Å². The monoisotopic (exact) mass is 253 g/mol. The van der Waals surface area contributed by atoms with Crippen molar-refractivity contribution in [1.82, 2.24) is 4.90 Å². The predicted molar refractivity (Wildman–Crippen MR) is 70.1 cm³/mol. The molecular formula is C12H19N3O3. The molecule has 0 saturated carbocycles. The number of nitro benzene ring substituents is 1. The maximum Gasteiger partial charge on any atom is 0.292 e. The Labute approximate surface area is 106 Å². The number of nitrogens with two attached hydrogens (primary N) is 1. The molecule has 6 heteroatoms. The first-order valence-electron chi connectivity index (χ1n) is 5.83. The zero-order chi connectivity index (χ0) is 13.7. The summed E-state index contributed by atoms with van der Waals surface area (Å²) in [6.45, 7) is 5.32. The summed E-state index contributed by atoms with van der Waals surface area (Å²) in [4.78, 5) is 12.2. The van der Waals surface area contributed by atoms with Gasteiger partial charge in [-0.2, -0.15) is 0 Å². The molecule has 0 unspecified atom stereocenters. The minimum absolute atomic E-state index is 0.0722. The summed E-state index contributed by atoms with van der Waals surface area (Å²) in [5.74, 6) is 0. The van der Waals surface area contributed by atoms with Gasteiger partial charge in [0.25, 0.3) is 5.69 Å². The molecule has 0 heterocycles. The molecule has 6 nitrogen and oxygen atoms in total. The lowest BCUT2D eigenvalue weighted by Gasteiger charge is -2.25. The first-order chi connectivity index (χ1) is 8.45. The molecule has 0 saturated heterocycles. The lowest BCUT2D eigenvalue weighted by molar-refractivity contribution is -0.383. The van der Waals surface area contributed by atoms with Crippen LogP contribution in [0.15, 0.2) is 18.2 Å². The van der Waals surface area contributed by atoms with Crippen LogP contribution in [-0.2, 0) is 6.54 Å². The molecule has 0 amide bonds. The number of anilines is 1. The molecule has 0 fully saturated rings. The van der Waals surface area contributed by atoms with Gasteiger partial charge < -0.3 is 10.8 Å². The second-order valence-electron chi connectivity index (χ2n) is 4.44. The topological polar surface area (TPSA) is 92.6 Å². The van der Waals surface area contributed by atoms with Gasteiger partial charge in [-0.05, 0) is 25.5 Å². The second-order valence-corrected chi connectivity index (χ2v) is 4.44. The average molecular weight is 253 g/mol. The first kappa shape index (κ1) is 14.4. The van der Waals surface area contributed by atoms with E-state index in [1.54, 1.807) is 12.1 Å². The van der Waals surface area contributed by atoms with Crippen molar-refractivity contribution < 1.29 is 10.0 Å². The minimum atomic E-state index is -0.493. The quantitative estimate of drug-likeness (QED) is 0.454. The summed E-state index contributed by atoms with van der Waals surface area (Å²) < 4.78 is 0. The fourth-order valence-corrected chi connectivity index (χ4v) is 1.75. The highest BCUT2D eigenvalue weighted by Gasteiger charge is 2.14. The van der Waals surface area contributed by atoms with Crippen LogP contribution in [0.3, 0.4) is 0 Å². The fourth-order valence-electron chi connectivity index (χ4n) is 1.75. The lowest BCUT2D eigenvalue weighted by Crippen LogP contribution is -2.32. The summed E-state index contributed by atoms with van der Waals surface area (Å²) in [5.41, 5.74) is 6.64. The third kappa shape index (κ3) is 3.68. The van der Waals surface area contributed by atoms with Crippen LogP contribution in [0.4, 0.5) is 11.4 Å². The number of aliphatic hydroxyl groups excluding tert-OH is 1. The van der Waals surface area contributed by atoms with Gasteiger partial charge in [0.15, 0.2) is 0 Å². The van der Waals surface area contributed by atoms with Crippen molar-refractivity contribution in [2.75, 3.05) is 18.9 Å². The van der Waals surface area contributed by atoms with Gasteiger partial charge in [-0.15, -0.1) is 0 Å². The largest absolute Gasteiger partial charge is 0.395 e. The van der Waals surface area contributed by atoms with Gasteiger partial charge in [0.05, 0.1) is 11.5 Å². The molecular weight excluding hydrogens is 234 g/mol. The van der Waals surface area contributed by atoms with E-state index in [9.17, 15) is 10.1 Å². The number of nitro groups is 1. The molecule has 0 bridgehead atoms. The number of rotatable bonds is 6. The Balaban J connectivity index is 2.84. The van der Waals surface area contributed by atoms with E-state index < -0.39 is 4.92 Å². The van der Waals surface area contributed by atoms with Gasteiger partial charge in [-0.3, -0.25) is 15.0 Å². The van der Waals surface area contributed by atoms with Crippen LogP contribution in [0, 0.1) is 10.1 Å². The van der Waals surface area contributed by atoms with Gasteiger partial charge in [-0.25, -0.2) is 0 Å². The molecule has 3 N–H and O–H groups in total. The normalized spacial score (nSPS) is 11.2. The van der Waals surface area contributed by atoms with Crippen LogP contribution in [-0.4, -0.2) is 34.1 Å². The molecule has 0 aliphatic carbocycles. The van der Waals surface area contributed by atoms with Crippen LogP contribution in [0.2, 0.25) is 0 Å². The standard InChI is InChI=1S/C12H19N3O3/c1-9(2)14(5-6-16)8-10-3-4-12(15(17)18)11(13)7-10/h3-4,7,9,16H,5-6,8,13H2,1-2H3. The maximum absolute atomic E-state index is 10.6. The number of hydrogen-bond acceptors (Lipinski definition) is 5. The van der Waals surface area contributed by atoms with E-state index >= 15 is 0 Å². The number of nitrogen functional groups attached to an aromatic ring is 1. The predicted octanol–water partition coefficient (Wildman–Crippen LogP) is 1.38. The van der Waals surface area contributed by atoms with Crippen LogP contribution in [0.1, 0.15) is 19.4 Å². The summed E-state index contributed by atoms with van der Waals surface area (Å²) in [7, 11) is 0. The summed E-state index contributed by atoms with van der Waals surface area (Å²) in [5, 5.41) is 19.6. The molecule has 0 spiro atoms. The van der Waals surface area contributed by atoms with Crippen molar-refractivity contribution in [3.05, 3.63) is 33.9 Å². The zero-order valence-electron chi connectivity index (χ0n) is 10.7. The summed E-state index contributed by atoms with van der Waals surface area (Å²) in [6, 6.07) is 5.02. The summed E-state index contributed by atoms with van der Waals surface area (Å²) in [6.07, 6.45) is 0. The van der Waals surface area contributed by atoms with Crippen LogP contribution >= 0.6 is 0 Å². The number of aliphatic hydroxyl groups is 1. The number of hydrogen-bond donors (Lipinski definition) is 2. The SMILES string of the molecule is CC(C)N(CCO)Cc1ccc([N+](=O)[O-])c(N)c1. The van der Waals surface area contributed by atoms with Crippen molar-refractivity contribution in [2.45, 2.75) is 26.4 Å². The van der Waals surface area contributed by atoms with Gasteiger partial charge in [-0.1, -0.05) is 6.07 Å². The fraction of sp³-hybridized carbons (Fsp3) is 0.500. The molecule has 0 aromatic heterocycles. The Morgan fingerprint density at radius 1 is 1.50 bits per heavy atom. The minimum Gasteiger partial charge on any atom is -0.395 e. The van der Waals surface area contributed by atoms with Crippen LogP contribution in [0.5, 0.6) is 0 Å². The molecule has 1 aromatic rings. The van der Waals surface area contributed by atoms with Crippen molar-refractivity contribution in [2.24, 2.45) is 0 Å². The van der Waals surface area contributed by atoms with E-state index in [2.05, 4.69) is 4.90 Å². The smallest absolute Gasteiger partial charge is 0.292 e. The molecule has 0 atom stereocenters. The zero-order valence-corrected chi connectivity index (χ0v) is 10.7. The highest BCUT2D eigenvalue weighted by atomic mass is 16.6. The van der Waals surface area contributed by atoms with Gasteiger partial charge >= 0.3 is 0 Å². The summed E-state index contributed by atoms with van der Waals surface area (Å²) >= 11 is 0. The van der Waals surface area contributed by atoms with Crippen LogP contribution in [0.25, 0.3) is 0 Å². The average Bonchev–Trinajstić information content (AvgIpc) is 2.27. The molecule has 0 radical (unpaired) electrons. The lowest BCUT2D eigenvalue weighted by atomic mass is 10.1. The highest BCUT2D eigenvalue weighted by Crippen LogP contribution is 2.23. The second kappa shape index (κ2) is 6.32. The Kier molecular flexibility index (Phi) is 5.06. The number of benzene rings is 1. The van der Waals surface area contributed by atoms with Crippen molar-refractivity contribution in [3.63, 3.8) is 0 Å². The Hall–Kier alpha value is -1.66. The Bertz CT molecular complexity index is 421. The van der Waals surface area contributed by atoms with Crippen LogP contribution < -0.4 is 5.73 Å². The van der Waals surface area contributed by atoms with E-state index in [0.29, 0.717) is 13.1 Å². The molecule has 1 aromatic carbocycles. The van der Waals surface area contributed by atoms with Gasteiger partial charge in [0, 0.05) is 25.2 Å². The van der Waals surface area contributed by atoms with E-state index in [0.717, 1.165) is 5.56 Å². The molecule has 18 heavy (non-hydrogen) atoms. The first-order valence-corrected chi connectivity index (χ1v) is 5.83.